The summed E-state index contributed by atoms with van der Waals surface area (Å²) in [5.41, 5.74) is 0. The molecule has 90 valence electrons. The lowest BCUT2D eigenvalue weighted by Crippen LogP contribution is -2.48. The second-order valence-corrected chi connectivity index (χ2v) is 4.58. The summed E-state index contributed by atoms with van der Waals surface area (Å²) in [6, 6.07) is 0. The van der Waals surface area contributed by atoms with Crippen molar-refractivity contribution in [1.82, 2.24) is 5.32 Å². The molecule has 0 spiro atoms. The highest BCUT2D eigenvalue weighted by Crippen LogP contribution is 2.01. The molecule has 1 atom stereocenters. The molecular weight excluding hydrogens is 188 g/mol. The van der Waals surface area contributed by atoms with Gasteiger partial charge in [0.25, 0.3) is 0 Å². The number of rotatable bonds is 7. The van der Waals surface area contributed by atoms with E-state index in [2.05, 4.69) is 26.2 Å². The fourth-order valence-electron chi connectivity index (χ4n) is 1.35. The van der Waals surface area contributed by atoms with Crippen molar-refractivity contribution in [2.45, 2.75) is 34.1 Å². The van der Waals surface area contributed by atoms with Crippen LogP contribution in [0.5, 0.6) is 0 Å². The van der Waals surface area contributed by atoms with Crippen LogP contribution in [0.2, 0.25) is 0 Å². The van der Waals surface area contributed by atoms with Gasteiger partial charge in [-0.1, -0.05) is 13.8 Å². The van der Waals surface area contributed by atoms with Gasteiger partial charge in [-0.15, -0.1) is 0 Å². The van der Waals surface area contributed by atoms with Gasteiger partial charge in [-0.2, -0.15) is 0 Å². The Labute approximate surface area is 94.4 Å². The smallest absolute Gasteiger partial charge is 0.223 e. The van der Waals surface area contributed by atoms with Gasteiger partial charge in [-0.3, -0.25) is 4.79 Å². The maximum Gasteiger partial charge on any atom is 0.223 e. The summed E-state index contributed by atoms with van der Waals surface area (Å²) < 4.78 is 1.03. The molecule has 1 N–H and O–H groups in total. The van der Waals surface area contributed by atoms with Crippen LogP contribution in [-0.2, 0) is 4.79 Å². The topological polar surface area (TPSA) is 29.1 Å². The van der Waals surface area contributed by atoms with Crippen LogP contribution in [0.25, 0.3) is 0 Å². The van der Waals surface area contributed by atoms with Gasteiger partial charge in [-0.25, -0.2) is 0 Å². The summed E-state index contributed by atoms with van der Waals surface area (Å²) in [5, 5.41) is 3.00. The van der Waals surface area contributed by atoms with Crippen LogP contribution < -0.4 is 5.32 Å². The molecule has 0 aromatic carbocycles. The standard InChI is InChI=1S/C12H26N2O/c1-6-11(4)12(15)13-9-10-14(5,7-2)8-3/h11H,6-10H2,1-5H3/p+1. The molecule has 0 aliphatic carbocycles. The monoisotopic (exact) mass is 215 g/mol. The second-order valence-electron chi connectivity index (χ2n) is 4.58. The van der Waals surface area contributed by atoms with Crippen LogP contribution in [0, 0.1) is 5.92 Å². The van der Waals surface area contributed by atoms with E-state index in [9.17, 15) is 4.79 Å². The Morgan fingerprint density at radius 1 is 1.27 bits per heavy atom. The van der Waals surface area contributed by atoms with E-state index in [0.29, 0.717) is 0 Å². The molecule has 0 heterocycles. The fourth-order valence-corrected chi connectivity index (χ4v) is 1.35. The highest BCUT2D eigenvalue weighted by molar-refractivity contribution is 5.78. The van der Waals surface area contributed by atoms with Gasteiger partial charge in [0.1, 0.15) is 0 Å². The van der Waals surface area contributed by atoms with E-state index in [0.717, 1.165) is 37.1 Å². The summed E-state index contributed by atoms with van der Waals surface area (Å²) in [5.74, 6) is 0.336. The van der Waals surface area contributed by atoms with Gasteiger partial charge < -0.3 is 9.80 Å². The van der Waals surface area contributed by atoms with E-state index in [1.165, 1.54) is 0 Å². The van der Waals surface area contributed by atoms with Gasteiger partial charge in [0.15, 0.2) is 0 Å². The number of hydrogen-bond acceptors (Lipinski definition) is 1. The molecule has 15 heavy (non-hydrogen) atoms. The summed E-state index contributed by atoms with van der Waals surface area (Å²) in [6.07, 6.45) is 0.916. The van der Waals surface area contributed by atoms with E-state index >= 15 is 0 Å². The Kier molecular flexibility index (Phi) is 6.57. The number of carbonyl (C=O) groups is 1. The largest absolute Gasteiger partial charge is 0.350 e. The maximum absolute atomic E-state index is 11.5. The molecule has 0 saturated carbocycles. The van der Waals surface area contributed by atoms with Crippen molar-refractivity contribution in [3.8, 4) is 0 Å². The van der Waals surface area contributed by atoms with E-state index in [-0.39, 0.29) is 11.8 Å². The maximum atomic E-state index is 11.5. The summed E-state index contributed by atoms with van der Waals surface area (Å²) in [7, 11) is 2.23. The normalized spacial score (nSPS) is 13.7. The molecule has 0 fully saturated rings. The molecule has 0 rings (SSSR count). The van der Waals surface area contributed by atoms with Gasteiger partial charge in [0.2, 0.25) is 5.91 Å². The minimum absolute atomic E-state index is 0.145. The number of amides is 1. The zero-order valence-corrected chi connectivity index (χ0v) is 11.0. The first-order valence-corrected chi connectivity index (χ1v) is 6.10. The highest BCUT2D eigenvalue weighted by Gasteiger charge is 2.17. The lowest BCUT2D eigenvalue weighted by Gasteiger charge is -2.32. The van der Waals surface area contributed by atoms with Crippen molar-refractivity contribution in [3.63, 3.8) is 0 Å². The van der Waals surface area contributed by atoms with Crippen molar-refractivity contribution in [1.29, 1.82) is 0 Å². The van der Waals surface area contributed by atoms with Crippen molar-refractivity contribution in [3.05, 3.63) is 0 Å². The SMILES string of the molecule is CCC(C)C(=O)NCC[N+](C)(CC)CC. The minimum atomic E-state index is 0.145. The molecule has 1 amide bonds. The van der Waals surface area contributed by atoms with Crippen LogP contribution in [-0.4, -0.2) is 43.6 Å². The second kappa shape index (κ2) is 6.83. The van der Waals surface area contributed by atoms with Gasteiger partial charge in [0, 0.05) is 5.92 Å². The lowest BCUT2D eigenvalue weighted by atomic mass is 10.1. The Hall–Kier alpha value is -0.570. The predicted molar refractivity (Wildman–Crippen MR) is 64.6 cm³/mol. The van der Waals surface area contributed by atoms with Crippen molar-refractivity contribution in [2.75, 3.05) is 33.2 Å². The number of nitrogens with zero attached hydrogens (tertiary/aromatic N) is 1. The molecule has 0 bridgehead atoms. The van der Waals surface area contributed by atoms with Crippen LogP contribution >= 0.6 is 0 Å². The first kappa shape index (κ1) is 14.4. The number of carbonyl (C=O) groups excluding carboxylic acids is 1. The Bertz CT molecular complexity index is 188. The molecule has 0 radical (unpaired) electrons. The van der Waals surface area contributed by atoms with Crippen LogP contribution in [0.1, 0.15) is 34.1 Å². The fraction of sp³-hybridized carbons (Fsp3) is 0.917. The average molecular weight is 215 g/mol. The molecule has 0 aromatic rings. The lowest BCUT2D eigenvalue weighted by molar-refractivity contribution is -0.904. The third kappa shape index (κ3) is 5.17. The third-order valence-electron chi connectivity index (χ3n) is 3.54. The summed E-state index contributed by atoms with van der Waals surface area (Å²) in [4.78, 5) is 11.5. The molecular formula is C12H27N2O+. The van der Waals surface area contributed by atoms with E-state index in [1.54, 1.807) is 0 Å². The zero-order valence-electron chi connectivity index (χ0n) is 11.0. The minimum Gasteiger partial charge on any atom is -0.350 e. The van der Waals surface area contributed by atoms with E-state index < -0.39 is 0 Å². The van der Waals surface area contributed by atoms with Gasteiger partial charge in [0.05, 0.1) is 33.2 Å². The van der Waals surface area contributed by atoms with Gasteiger partial charge in [-0.05, 0) is 20.3 Å². The number of likely N-dealkylation sites (N-methyl/N-ethyl adjacent to an activating group) is 1. The van der Waals surface area contributed by atoms with E-state index in [1.807, 2.05) is 13.8 Å². The number of quaternary nitrogens is 1. The number of nitrogens with one attached hydrogen (secondary N) is 1. The first-order valence-electron chi connectivity index (χ1n) is 6.10. The molecule has 0 aromatic heterocycles. The zero-order chi connectivity index (χ0) is 11.9. The molecule has 0 aliphatic rings. The van der Waals surface area contributed by atoms with Crippen molar-refractivity contribution in [2.24, 2.45) is 5.92 Å². The van der Waals surface area contributed by atoms with Crippen LogP contribution in [0.3, 0.4) is 0 Å². The van der Waals surface area contributed by atoms with Crippen LogP contribution in [0.15, 0.2) is 0 Å². The number of hydrogen-bond donors (Lipinski definition) is 1. The first-order chi connectivity index (χ1) is 6.99. The highest BCUT2D eigenvalue weighted by atomic mass is 16.1. The Morgan fingerprint density at radius 2 is 1.80 bits per heavy atom. The molecule has 3 nitrogen and oxygen atoms in total. The average Bonchev–Trinajstić information content (AvgIpc) is 2.27. The summed E-state index contributed by atoms with van der Waals surface area (Å²) >= 11 is 0. The Balaban J connectivity index is 3.83. The molecule has 3 heteroatoms. The van der Waals surface area contributed by atoms with Crippen molar-refractivity contribution >= 4 is 5.91 Å². The quantitative estimate of drug-likeness (QED) is 0.643. The van der Waals surface area contributed by atoms with E-state index in [4.69, 9.17) is 0 Å². The third-order valence-corrected chi connectivity index (χ3v) is 3.54. The molecule has 0 aliphatic heterocycles. The summed E-state index contributed by atoms with van der Waals surface area (Å²) in [6.45, 7) is 12.5. The van der Waals surface area contributed by atoms with Crippen LogP contribution in [0.4, 0.5) is 0 Å². The molecule has 1 unspecified atom stereocenters. The predicted octanol–water partition coefficient (Wildman–Crippen LogP) is 1.64. The van der Waals surface area contributed by atoms with Crippen molar-refractivity contribution < 1.29 is 9.28 Å². The molecule has 0 saturated heterocycles. The van der Waals surface area contributed by atoms with Gasteiger partial charge >= 0.3 is 0 Å². The Morgan fingerprint density at radius 3 is 2.20 bits per heavy atom.